The van der Waals surface area contributed by atoms with Crippen LogP contribution in [0.15, 0.2) is 48.5 Å². The lowest BCUT2D eigenvalue weighted by atomic mass is 9.50. The number of ether oxygens (including phenoxy) is 1. The van der Waals surface area contributed by atoms with Crippen molar-refractivity contribution in [2.45, 2.75) is 75.6 Å². The molecule has 3 nitrogen and oxygen atoms in total. The van der Waals surface area contributed by atoms with Crippen LogP contribution in [0.25, 0.3) is 0 Å². The summed E-state index contributed by atoms with van der Waals surface area (Å²) < 4.78 is 45.4. The van der Waals surface area contributed by atoms with Crippen LogP contribution in [0.1, 0.15) is 63.5 Å². The SMILES string of the molecule is CC(=O)N1CCCC[C@]1([C@@H](C)Oc1ccc(C(F)(F)F)cc1)C1(c2ccc(Cl)cc2)CCC1. The first-order valence-electron chi connectivity index (χ1n) is 11.5. The first-order valence-corrected chi connectivity index (χ1v) is 11.9. The molecule has 0 radical (unpaired) electrons. The third kappa shape index (κ3) is 4.11. The molecule has 2 atom stereocenters. The van der Waals surface area contributed by atoms with Gasteiger partial charge in [-0.05, 0) is 81.0 Å². The van der Waals surface area contributed by atoms with E-state index < -0.39 is 23.4 Å². The summed E-state index contributed by atoms with van der Waals surface area (Å²) in [4.78, 5) is 14.9. The van der Waals surface area contributed by atoms with Gasteiger partial charge in [-0.1, -0.05) is 30.2 Å². The number of hydrogen-bond donors (Lipinski definition) is 0. The Morgan fingerprint density at radius 3 is 2.15 bits per heavy atom. The van der Waals surface area contributed by atoms with Gasteiger partial charge in [0.1, 0.15) is 11.9 Å². The van der Waals surface area contributed by atoms with Gasteiger partial charge in [0.15, 0.2) is 0 Å². The van der Waals surface area contributed by atoms with Gasteiger partial charge in [-0.25, -0.2) is 0 Å². The van der Waals surface area contributed by atoms with Gasteiger partial charge in [-0.15, -0.1) is 0 Å². The number of alkyl halides is 3. The number of benzene rings is 2. The molecule has 1 amide bonds. The Bertz CT molecular complexity index is 986. The van der Waals surface area contributed by atoms with Crippen molar-refractivity contribution < 1.29 is 22.7 Å². The van der Waals surface area contributed by atoms with Crippen LogP contribution in [-0.4, -0.2) is 29.0 Å². The second-order valence-electron chi connectivity index (χ2n) is 9.28. The first-order chi connectivity index (χ1) is 15.6. The number of carbonyl (C=O) groups is 1. The number of likely N-dealkylation sites (tertiary alicyclic amines) is 1. The standard InChI is InChI=1S/C26H29ClF3NO2/c1-18(33-23-12-8-21(9-13-23)26(28,29)30)25(16-3-4-17-31(25)19(2)32)24(14-5-15-24)20-6-10-22(27)11-7-20/h6-13,18H,3-5,14-17H2,1-2H3/t18-,25+/m1/s1. The highest BCUT2D eigenvalue weighted by molar-refractivity contribution is 6.30. The Morgan fingerprint density at radius 1 is 1.00 bits per heavy atom. The van der Waals surface area contributed by atoms with E-state index in [1.165, 1.54) is 12.1 Å². The van der Waals surface area contributed by atoms with Crippen LogP contribution < -0.4 is 4.74 Å². The zero-order valence-corrected chi connectivity index (χ0v) is 19.7. The summed E-state index contributed by atoms with van der Waals surface area (Å²) in [5.41, 5.74) is -0.480. The number of hydrogen-bond acceptors (Lipinski definition) is 2. The molecule has 0 unspecified atom stereocenters. The van der Waals surface area contributed by atoms with E-state index in [-0.39, 0.29) is 11.3 Å². The minimum atomic E-state index is -4.40. The van der Waals surface area contributed by atoms with Crippen molar-refractivity contribution in [1.82, 2.24) is 4.90 Å². The number of amides is 1. The molecule has 1 saturated carbocycles. The molecule has 0 spiro atoms. The van der Waals surface area contributed by atoms with Gasteiger partial charge in [0.25, 0.3) is 0 Å². The highest BCUT2D eigenvalue weighted by atomic mass is 35.5. The van der Waals surface area contributed by atoms with Gasteiger partial charge in [-0.2, -0.15) is 13.2 Å². The molecule has 0 bridgehead atoms. The summed E-state index contributed by atoms with van der Waals surface area (Å²) in [6.07, 6.45) is 0.711. The number of piperidine rings is 1. The fourth-order valence-electron chi connectivity index (χ4n) is 6.04. The van der Waals surface area contributed by atoms with Crippen LogP contribution in [0, 0.1) is 0 Å². The predicted molar refractivity (Wildman–Crippen MR) is 122 cm³/mol. The Hall–Kier alpha value is -2.21. The second kappa shape index (κ2) is 8.86. The Kier molecular flexibility index (Phi) is 6.43. The number of nitrogens with zero attached hydrogens (tertiary/aromatic N) is 1. The normalized spacial score (nSPS) is 23.5. The van der Waals surface area contributed by atoms with E-state index >= 15 is 0 Å². The van der Waals surface area contributed by atoms with Crippen molar-refractivity contribution >= 4 is 17.5 Å². The fraction of sp³-hybridized carbons (Fsp3) is 0.500. The number of carbonyl (C=O) groups excluding carboxylic acids is 1. The average Bonchev–Trinajstić information content (AvgIpc) is 2.74. The van der Waals surface area contributed by atoms with Gasteiger partial charge < -0.3 is 9.64 Å². The number of rotatable bonds is 5. The molecule has 2 aromatic carbocycles. The lowest BCUT2D eigenvalue weighted by molar-refractivity contribution is -0.158. The quantitative estimate of drug-likeness (QED) is 0.461. The van der Waals surface area contributed by atoms with Crippen LogP contribution in [0.3, 0.4) is 0 Å². The first kappa shape index (κ1) is 23.9. The van der Waals surface area contributed by atoms with E-state index in [0.717, 1.165) is 56.2 Å². The Morgan fingerprint density at radius 2 is 1.64 bits per heavy atom. The van der Waals surface area contributed by atoms with Crippen LogP contribution in [0.2, 0.25) is 5.02 Å². The molecule has 7 heteroatoms. The van der Waals surface area contributed by atoms with E-state index in [1.54, 1.807) is 6.92 Å². The molecule has 1 saturated heterocycles. The molecule has 2 fully saturated rings. The van der Waals surface area contributed by atoms with E-state index in [4.69, 9.17) is 16.3 Å². The van der Waals surface area contributed by atoms with Gasteiger partial charge in [-0.3, -0.25) is 4.79 Å². The van der Waals surface area contributed by atoms with Crippen LogP contribution >= 0.6 is 11.6 Å². The summed E-state index contributed by atoms with van der Waals surface area (Å²) in [6.45, 7) is 4.19. The Balaban J connectivity index is 1.76. The van der Waals surface area contributed by atoms with Gasteiger partial charge in [0, 0.05) is 23.9 Å². The predicted octanol–water partition coefficient (Wildman–Crippen LogP) is 7.02. The summed E-state index contributed by atoms with van der Waals surface area (Å²) in [7, 11) is 0. The van der Waals surface area contributed by atoms with Gasteiger partial charge >= 0.3 is 6.18 Å². The number of halogens is 4. The van der Waals surface area contributed by atoms with Crippen molar-refractivity contribution in [2.24, 2.45) is 0 Å². The molecular formula is C26H29ClF3NO2. The van der Waals surface area contributed by atoms with Crippen molar-refractivity contribution in [3.8, 4) is 5.75 Å². The summed E-state index contributed by atoms with van der Waals surface area (Å²) in [5, 5.41) is 0.656. The minimum absolute atomic E-state index is 0.00203. The van der Waals surface area contributed by atoms with Crippen molar-refractivity contribution in [1.29, 1.82) is 0 Å². The Labute approximate surface area is 197 Å². The molecule has 1 aliphatic heterocycles. The lowest BCUT2D eigenvalue weighted by Crippen LogP contribution is -2.73. The smallest absolute Gasteiger partial charge is 0.416 e. The molecular weight excluding hydrogens is 451 g/mol. The highest BCUT2D eigenvalue weighted by Gasteiger charge is 2.63. The third-order valence-corrected chi connectivity index (χ3v) is 7.90. The zero-order chi connectivity index (χ0) is 23.9. The maximum atomic E-state index is 13.0. The molecule has 2 aliphatic rings. The maximum absolute atomic E-state index is 13.0. The minimum Gasteiger partial charge on any atom is -0.488 e. The maximum Gasteiger partial charge on any atom is 0.416 e. The molecule has 178 valence electrons. The fourth-order valence-corrected chi connectivity index (χ4v) is 6.17. The zero-order valence-electron chi connectivity index (χ0n) is 18.9. The molecule has 4 rings (SSSR count). The molecule has 0 N–H and O–H groups in total. The largest absolute Gasteiger partial charge is 0.488 e. The molecule has 2 aromatic rings. The van der Waals surface area contributed by atoms with Crippen molar-refractivity contribution in [3.05, 3.63) is 64.7 Å². The molecule has 1 heterocycles. The van der Waals surface area contributed by atoms with Crippen molar-refractivity contribution in [2.75, 3.05) is 6.54 Å². The van der Waals surface area contributed by atoms with E-state index in [2.05, 4.69) is 0 Å². The van der Waals surface area contributed by atoms with Gasteiger partial charge in [0.2, 0.25) is 5.91 Å². The molecule has 1 aliphatic carbocycles. The second-order valence-corrected chi connectivity index (χ2v) is 9.71. The van der Waals surface area contributed by atoms with Crippen LogP contribution in [0.5, 0.6) is 5.75 Å². The highest BCUT2D eigenvalue weighted by Crippen LogP contribution is 2.58. The third-order valence-electron chi connectivity index (χ3n) is 7.65. The summed E-state index contributed by atoms with van der Waals surface area (Å²) >= 11 is 6.17. The monoisotopic (exact) mass is 479 g/mol. The average molecular weight is 480 g/mol. The topological polar surface area (TPSA) is 29.5 Å². The van der Waals surface area contributed by atoms with E-state index in [0.29, 0.717) is 17.3 Å². The molecule has 0 aromatic heterocycles. The van der Waals surface area contributed by atoms with E-state index in [9.17, 15) is 18.0 Å². The van der Waals surface area contributed by atoms with Crippen LogP contribution in [0.4, 0.5) is 13.2 Å². The summed E-state index contributed by atoms with van der Waals surface area (Å²) in [6, 6.07) is 12.7. The lowest BCUT2D eigenvalue weighted by Gasteiger charge is -2.64. The van der Waals surface area contributed by atoms with Crippen LogP contribution in [-0.2, 0) is 16.4 Å². The van der Waals surface area contributed by atoms with E-state index in [1.807, 2.05) is 36.1 Å². The van der Waals surface area contributed by atoms with Crippen molar-refractivity contribution in [3.63, 3.8) is 0 Å². The summed E-state index contributed by atoms with van der Waals surface area (Å²) in [5.74, 6) is 0.368. The molecule has 33 heavy (non-hydrogen) atoms. The van der Waals surface area contributed by atoms with Gasteiger partial charge in [0.05, 0.1) is 11.1 Å².